The van der Waals surface area contributed by atoms with Crippen LogP contribution in [0, 0.1) is 5.92 Å². The van der Waals surface area contributed by atoms with E-state index in [0.29, 0.717) is 18.0 Å². The van der Waals surface area contributed by atoms with Gasteiger partial charge in [0.25, 0.3) is 0 Å². The fourth-order valence-corrected chi connectivity index (χ4v) is 3.81. The zero-order valence-corrected chi connectivity index (χ0v) is 11.5. The van der Waals surface area contributed by atoms with Gasteiger partial charge in [-0.05, 0) is 18.4 Å². The Bertz CT molecular complexity index is 454. The quantitative estimate of drug-likeness (QED) is 0.724. The summed E-state index contributed by atoms with van der Waals surface area (Å²) in [5, 5.41) is 10.7. The fraction of sp³-hybridized carbons (Fsp3) is 0.600. The minimum atomic E-state index is -3.57. The first-order valence-electron chi connectivity index (χ1n) is 5.32. The van der Waals surface area contributed by atoms with Gasteiger partial charge in [-0.2, -0.15) is 0 Å². The summed E-state index contributed by atoms with van der Waals surface area (Å²) in [6.07, 6.45) is 0.594. The third-order valence-electron chi connectivity index (χ3n) is 2.16. The van der Waals surface area contributed by atoms with E-state index in [9.17, 15) is 8.42 Å². The van der Waals surface area contributed by atoms with Crippen LogP contribution in [0.25, 0.3) is 0 Å². The summed E-state index contributed by atoms with van der Waals surface area (Å²) in [4.78, 5) is 0. The lowest BCUT2D eigenvalue weighted by atomic mass is 10.1. The molecule has 0 saturated carbocycles. The van der Waals surface area contributed by atoms with Gasteiger partial charge in [0.15, 0.2) is 0 Å². The first kappa shape index (κ1) is 14.4. The molecule has 1 atom stereocenters. The first-order chi connectivity index (χ1) is 7.85. The van der Waals surface area contributed by atoms with Crippen LogP contribution < -0.4 is 10.5 Å². The molecule has 5 nitrogen and oxygen atoms in total. The number of nitrogens with one attached hydrogen (secondary N) is 1. The Kier molecular flexibility index (Phi) is 4.93. The molecule has 4 N–H and O–H groups in total. The molecule has 0 spiro atoms. The third-order valence-corrected chi connectivity index (χ3v) is 5.14. The van der Waals surface area contributed by atoms with Crippen molar-refractivity contribution in [2.75, 3.05) is 12.3 Å². The number of aliphatic hydroxyl groups excluding tert-OH is 1. The molecule has 1 unspecified atom stereocenters. The van der Waals surface area contributed by atoms with Crippen molar-refractivity contribution < 1.29 is 13.5 Å². The second kappa shape index (κ2) is 5.81. The van der Waals surface area contributed by atoms with E-state index in [1.807, 2.05) is 13.8 Å². The Hall–Kier alpha value is -0.630. The molecule has 0 saturated heterocycles. The van der Waals surface area contributed by atoms with Gasteiger partial charge in [-0.3, -0.25) is 0 Å². The summed E-state index contributed by atoms with van der Waals surface area (Å²) in [5.74, 6) is 0.309. The predicted molar refractivity (Wildman–Crippen MR) is 69.4 cm³/mol. The summed E-state index contributed by atoms with van der Waals surface area (Å²) >= 11 is 1.07. The molecule has 1 aromatic heterocycles. The molecule has 98 valence electrons. The molecular formula is C10H18N2O3S2. The Balaban J connectivity index is 2.78. The van der Waals surface area contributed by atoms with Gasteiger partial charge in [0.1, 0.15) is 4.21 Å². The Morgan fingerprint density at radius 1 is 1.53 bits per heavy atom. The maximum Gasteiger partial charge on any atom is 0.250 e. The Morgan fingerprint density at radius 2 is 2.18 bits per heavy atom. The van der Waals surface area contributed by atoms with Crippen LogP contribution in [-0.2, 0) is 10.0 Å². The van der Waals surface area contributed by atoms with Crippen LogP contribution in [0.1, 0.15) is 20.3 Å². The van der Waals surface area contributed by atoms with Gasteiger partial charge in [0, 0.05) is 17.1 Å². The lowest BCUT2D eigenvalue weighted by Crippen LogP contribution is -2.38. The zero-order valence-electron chi connectivity index (χ0n) is 9.88. The van der Waals surface area contributed by atoms with Gasteiger partial charge in [0.2, 0.25) is 10.0 Å². The highest BCUT2D eigenvalue weighted by Crippen LogP contribution is 2.22. The highest BCUT2D eigenvalue weighted by atomic mass is 32.2. The van der Waals surface area contributed by atoms with E-state index in [1.165, 1.54) is 6.07 Å². The van der Waals surface area contributed by atoms with Crippen molar-refractivity contribution in [3.8, 4) is 0 Å². The maximum absolute atomic E-state index is 11.9. The van der Waals surface area contributed by atoms with Gasteiger partial charge < -0.3 is 10.8 Å². The van der Waals surface area contributed by atoms with E-state index in [2.05, 4.69) is 4.72 Å². The lowest BCUT2D eigenvalue weighted by molar-refractivity contribution is 0.240. The number of nitrogen functional groups attached to an aromatic ring is 1. The van der Waals surface area contributed by atoms with Crippen molar-refractivity contribution in [3.63, 3.8) is 0 Å². The minimum absolute atomic E-state index is 0.178. The molecule has 1 aromatic rings. The predicted octanol–water partition coefficient (Wildman–Crippen LogP) is 1.02. The van der Waals surface area contributed by atoms with E-state index >= 15 is 0 Å². The number of sulfonamides is 1. The van der Waals surface area contributed by atoms with Crippen LogP contribution in [0.2, 0.25) is 0 Å². The molecule has 1 rings (SSSR count). The molecule has 0 aliphatic heterocycles. The van der Waals surface area contributed by atoms with Crippen molar-refractivity contribution >= 4 is 27.0 Å². The van der Waals surface area contributed by atoms with E-state index < -0.39 is 16.1 Å². The molecule has 1 heterocycles. The van der Waals surface area contributed by atoms with E-state index in [1.54, 1.807) is 5.38 Å². The largest absolute Gasteiger partial charge is 0.398 e. The molecule has 0 aromatic carbocycles. The van der Waals surface area contributed by atoms with Gasteiger partial charge in [-0.1, -0.05) is 13.8 Å². The number of anilines is 1. The standard InChI is InChI=1S/C10H18N2O3S2/c1-7(2)3-9(5-13)12-17(14,15)10-4-8(11)6-16-10/h4,6-7,9,12-13H,3,5,11H2,1-2H3. The molecule has 0 aliphatic rings. The molecule has 17 heavy (non-hydrogen) atoms. The summed E-state index contributed by atoms with van der Waals surface area (Å²) in [7, 11) is -3.57. The Morgan fingerprint density at radius 3 is 2.59 bits per heavy atom. The van der Waals surface area contributed by atoms with Crippen LogP contribution in [0.4, 0.5) is 5.69 Å². The van der Waals surface area contributed by atoms with E-state index in [-0.39, 0.29) is 10.8 Å². The van der Waals surface area contributed by atoms with Crippen molar-refractivity contribution in [3.05, 3.63) is 11.4 Å². The average Bonchev–Trinajstić information content (AvgIpc) is 2.63. The molecule has 0 amide bonds. The summed E-state index contributed by atoms with van der Waals surface area (Å²) < 4.78 is 26.5. The van der Waals surface area contributed by atoms with Crippen molar-refractivity contribution in [1.29, 1.82) is 0 Å². The van der Waals surface area contributed by atoms with Gasteiger partial charge in [-0.25, -0.2) is 13.1 Å². The van der Waals surface area contributed by atoms with Crippen molar-refractivity contribution in [2.45, 2.75) is 30.5 Å². The van der Waals surface area contributed by atoms with Crippen molar-refractivity contribution in [1.82, 2.24) is 4.72 Å². The molecular weight excluding hydrogens is 260 g/mol. The zero-order chi connectivity index (χ0) is 13.1. The van der Waals surface area contributed by atoms with Crippen LogP contribution in [0.3, 0.4) is 0 Å². The van der Waals surface area contributed by atoms with E-state index in [0.717, 1.165) is 11.3 Å². The van der Waals surface area contributed by atoms with Gasteiger partial charge in [-0.15, -0.1) is 11.3 Å². The lowest BCUT2D eigenvalue weighted by Gasteiger charge is -2.17. The topological polar surface area (TPSA) is 92.4 Å². The summed E-state index contributed by atoms with van der Waals surface area (Å²) in [5.41, 5.74) is 5.92. The minimum Gasteiger partial charge on any atom is -0.398 e. The number of hydrogen-bond acceptors (Lipinski definition) is 5. The highest BCUT2D eigenvalue weighted by Gasteiger charge is 2.21. The van der Waals surface area contributed by atoms with Crippen molar-refractivity contribution in [2.24, 2.45) is 5.92 Å². The molecule has 0 fully saturated rings. The highest BCUT2D eigenvalue weighted by molar-refractivity contribution is 7.91. The molecule has 0 aliphatic carbocycles. The fourth-order valence-electron chi connectivity index (χ4n) is 1.48. The first-order valence-corrected chi connectivity index (χ1v) is 7.68. The number of aliphatic hydroxyl groups is 1. The summed E-state index contributed by atoms with van der Waals surface area (Å²) in [6, 6.07) is 0.958. The molecule has 7 heteroatoms. The Labute approximate surface area is 106 Å². The van der Waals surface area contributed by atoms with Gasteiger partial charge >= 0.3 is 0 Å². The SMILES string of the molecule is CC(C)CC(CO)NS(=O)(=O)c1cc(N)cs1. The van der Waals surface area contributed by atoms with Crippen LogP contribution in [0.5, 0.6) is 0 Å². The second-order valence-corrected chi connectivity index (χ2v) is 7.18. The van der Waals surface area contributed by atoms with Crippen LogP contribution >= 0.6 is 11.3 Å². The van der Waals surface area contributed by atoms with Gasteiger partial charge in [0.05, 0.1) is 6.61 Å². The average molecular weight is 278 g/mol. The van der Waals surface area contributed by atoms with Crippen LogP contribution in [-0.4, -0.2) is 26.2 Å². The van der Waals surface area contributed by atoms with E-state index in [4.69, 9.17) is 10.8 Å². The number of rotatable bonds is 6. The monoisotopic (exact) mass is 278 g/mol. The maximum atomic E-state index is 11.9. The molecule has 0 bridgehead atoms. The smallest absolute Gasteiger partial charge is 0.250 e. The normalized spacial score (nSPS) is 14.1. The number of nitrogens with two attached hydrogens (primary N) is 1. The van der Waals surface area contributed by atoms with Crippen LogP contribution in [0.15, 0.2) is 15.7 Å². The number of hydrogen-bond donors (Lipinski definition) is 3. The summed E-state index contributed by atoms with van der Waals surface area (Å²) in [6.45, 7) is 3.73. The number of thiophene rings is 1. The third kappa shape index (κ3) is 4.27. The molecule has 0 radical (unpaired) electrons. The second-order valence-electron chi connectivity index (χ2n) is 4.33.